The number of amides is 2. The number of anilines is 1. The third-order valence-electron chi connectivity index (χ3n) is 8.33. The molecular formula is C36H36Cl3N3O4S. The second-order valence-corrected chi connectivity index (χ2v) is 14.8. The highest BCUT2D eigenvalue weighted by Crippen LogP contribution is 2.30. The van der Waals surface area contributed by atoms with E-state index in [1.165, 1.54) is 29.2 Å². The molecule has 1 fully saturated rings. The molecule has 0 heterocycles. The number of carbonyl (C=O) groups is 2. The fraction of sp³-hybridized carbons (Fsp3) is 0.278. The molecule has 0 aliphatic heterocycles. The second kappa shape index (κ2) is 15.6. The predicted octanol–water partition coefficient (Wildman–Crippen LogP) is 7.85. The maximum Gasteiger partial charge on any atom is 0.264 e. The highest BCUT2D eigenvalue weighted by molar-refractivity contribution is 7.92. The summed E-state index contributed by atoms with van der Waals surface area (Å²) in [6, 6.07) is 26.1. The molecule has 0 bridgehead atoms. The lowest BCUT2D eigenvalue weighted by Gasteiger charge is -2.34. The molecule has 4 aromatic rings. The Balaban J connectivity index is 1.59. The maximum absolute atomic E-state index is 14.7. The van der Waals surface area contributed by atoms with E-state index in [9.17, 15) is 18.0 Å². The largest absolute Gasteiger partial charge is 0.352 e. The average molecular weight is 713 g/mol. The van der Waals surface area contributed by atoms with Crippen LogP contribution in [-0.4, -0.2) is 43.8 Å². The lowest BCUT2D eigenvalue weighted by atomic mass is 10.0. The lowest BCUT2D eigenvalue weighted by Crippen LogP contribution is -2.54. The first-order valence-corrected chi connectivity index (χ1v) is 18.0. The minimum absolute atomic E-state index is 0.00398. The summed E-state index contributed by atoms with van der Waals surface area (Å²) in [4.78, 5) is 30.2. The van der Waals surface area contributed by atoms with Crippen LogP contribution in [0.15, 0.2) is 102 Å². The zero-order chi connectivity index (χ0) is 33.6. The first kappa shape index (κ1) is 34.8. The normalized spacial score (nSPS) is 14.0. The van der Waals surface area contributed by atoms with Gasteiger partial charge in [-0.3, -0.25) is 13.9 Å². The molecule has 47 heavy (non-hydrogen) atoms. The van der Waals surface area contributed by atoms with Crippen LogP contribution in [-0.2, 0) is 32.6 Å². The third kappa shape index (κ3) is 8.68. The standard InChI is InChI=1S/C36H36Cl3N3O4S/c1-25-9-7-14-29(21-25)42(47(45,46)30-19-17-27(37)18-20-30)24-35(43)41(23-31-32(38)15-8-16-33(31)39)34(22-26-10-3-2-4-11-26)36(44)40-28-12-5-6-13-28/h2-4,7-11,14-21,28,34H,5-6,12-13,22-24H2,1H3,(H,40,44). The van der Waals surface area contributed by atoms with Crippen molar-refractivity contribution in [3.05, 3.63) is 129 Å². The van der Waals surface area contributed by atoms with Gasteiger partial charge in [0.05, 0.1) is 10.6 Å². The number of halogens is 3. The number of nitrogens with zero attached hydrogens (tertiary/aromatic N) is 2. The molecule has 4 aromatic carbocycles. The van der Waals surface area contributed by atoms with E-state index in [-0.39, 0.29) is 29.8 Å². The number of benzene rings is 4. The number of nitrogens with one attached hydrogen (secondary N) is 1. The van der Waals surface area contributed by atoms with E-state index in [4.69, 9.17) is 34.8 Å². The Labute approximate surface area is 291 Å². The fourth-order valence-electron chi connectivity index (χ4n) is 5.82. The number of hydrogen-bond acceptors (Lipinski definition) is 4. The van der Waals surface area contributed by atoms with Gasteiger partial charge < -0.3 is 10.2 Å². The molecule has 0 aromatic heterocycles. The molecule has 0 saturated heterocycles. The Kier molecular flexibility index (Phi) is 11.5. The summed E-state index contributed by atoms with van der Waals surface area (Å²) in [5.41, 5.74) is 2.41. The van der Waals surface area contributed by atoms with Crippen LogP contribution in [0.25, 0.3) is 0 Å². The second-order valence-electron chi connectivity index (χ2n) is 11.7. The van der Waals surface area contributed by atoms with E-state index < -0.39 is 28.5 Å². The van der Waals surface area contributed by atoms with Crippen LogP contribution in [0.4, 0.5) is 5.69 Å². The fourth-order valence-corrected chi connectivity index (χ4v) is 7.87. The summed E-state index contributed by atoms with van der Waals surface area (Å²) >= 11 is 19.3. The lowest BCUT2D eigenvalue weighted by molar-refractivity contribution is -0.140. The van der Waals surface area contributed by atoms with Gasteiger partial charge in [-0.25, -0.2) is 8.42 Å². The molecule has 7 nitrogen and oxygen atoms in total. The van der Waals surface area contributed by atoms with Crippen LogP contribution < -0.4 is 9.62 Å². The van der Waals surface area contributed by atoms with Crippen LogP contribution in [0.2, 0.25) is 15.1 Å². The summed E-state index contributed by atoms with van der Waals surface area (Å²) in [7, 11) is -4.25. The molecule has 1 aliphatic carbocycles. The van der Waals surface area contributed by atoms with Crippen molar-refractivity contribution in [1.29, 1.82) is 0 Å². The van der Waals surface area contributed by atoms with Crippen molar-refractivity contribution in [2.75, 3.05) is 10.8 Å². The number of sulfonamides is 1. The van der Waals surface area contributed by atoms with Gasteiger partial charge in [-0.05, 0) is 79.4 Å². The Morgan fingerprint density at radius 3 is 2.13 bits per heavy atom. The predicted molar refractivity (Wildman–Crippen MR) is 189 cm³/mol. The summed E-state index contributed by atoms with van der Waals surface area (Å²) < 4.78 is 29.5. The highest BCUT2D eigenvalue weighted by Gasteiger charge is 2.36. The monoisotopic (exact) mass is 711 g/mol. The maximum atomic E-state index is 14.7. The summed E-state index contributed by atoms with van der Waals surface area (Å²) in [5, 5.41) is 4.19. The summed E-state index contributed by atoms with van der Waals surface area (Å²) in [6.07, 6.45) is 3.94. The van der Waals surface area contributed by atoms with E-state index in [1.807, 2.05) is 43.3 Å². The topological polar surface area (TPSA) is 86.8 Å². The molecule has 0 spiro atoms. The van der Waals surface area contributed by atoms with Crippen molar-refractivity contribution in [1.82, 2.24) is 10.2 Å². The highest BCUT2D eigenvalue weighted by atomic mass is 35.5. The van der Waals surface area contributed by atoms with Gasteiger partial charge in [0.15, 0.2) is 0 Å². The van der Waals surface area contributed by atoms with E-state index in [2.05, 4.69) is 5.32 Å². The number of hydrogen-bond donors (Lipinski definition) is 1. The first-order chi connectivity index (χ1) is 22.5. The zero-order valence-electron chi connectivity index (χ0n) is 25.9. The van der Waals surface area contributed by atoms with E-state index in [1.54, 1.807) is 36.4 Å². The summed E-state index contributed by atoms with van der Waals surface area (Å²) in [6.45, 7) is 1.14. The first-order valence-electron chi connectivity index (χ1n) is 15.4. The molecule has 1 atom stereocenters. The molecule has 1 N–H and O–H groups in total. The molecule has 5 rings (SSSR count). The molecule has 2 amide bonds. The van der Waals surface area contributed by atoms with Gasteiger partial charge in [0.2, 0.25) is 11.8 Å². The van der Waals surface area contributed by atoms with Gasteiger partial charge >= 0.3 is 0 Å². The van der Waals surface area contributed by atoms with Gasteiger partial charge in [0.25, 0.3) is 10.0 Å². The number of rotatable bonds is 12. The Hall–Kier alpha value is -3.56. The van der Waals surface area contributed by atoms with Gasteiger partial charge in [-0.1, -0.05) is 96.2 Å². The molecule has 1 unspecified atom stereocenters. The number of aryl methyl sites for hydroxylation is 1. The van der Waals surface area contributed by atoms with Crippen molar-refractivity contribution in [2.24, 2.45) is 0 Å². The molecule has 0 radical (unpaired) electrons. The van der Waals surface area contributed by atoms with Crippen LogP contribution in [0.3, 0.4) is 0 Å². The smallest absolute Gasteiger partial charge is 0.264 e. The van der Waals surface area contributed by atoms with Gasteiger partial charge in [0, 0.05) is 39.6 Å². The van der Waals surface area contributed by atoms with Crippen molar-refractivity contribution >= 4 is 62.3 Å². The summed E-state index contributed by atoms with van der Waals surface area (Å²) in [5.74, 6) is -0.914. The van der Waals surface area contributed by atoms with Gasteiger partial charge in [0.1, 0.15) is 12.6 Å². The SMILES string of the molecule is Cc1cccc(N(CC(=O)N(Cc2c(Cl)cccc2Cl)C(Cc2ccccc2)C(=O)NC2CCCC2)S(=O)(=O)c2ccc(Cl)cc2)c1. The van der Waals surface area contributed by atoms with Gasteiger partial charge in [-0.2, -0.15) is 0 Å². The molecule has 246 valence electrons. The average Bonchev–Trinajstić information content (AvgIpc) is 3.56. The van der Waals surface area contributed by atoms with Crippen molar-refractivity contribution in [3.63, 3.8) is 0 Å². The third-order valence-corrected chi connectivity index (χ3v) is 11.1. The molecule has 11 heteroatoms. The van der Waals surface area contributed by atoms with Crippen LogP contribution in [0, 0.1) is 6.92 Å². The van der Waals surface area contributed by atoms with E-state index in [0.29, 0.717) is 26.3 Å². The minimum Gasteiger partial charge on any atom is -0.352 e. The Morgan fingerprint density at radius 2 is 1.49 bits per heavy atom. The van der Waals surface area contributed by atoms with Crippen LogP contribution in [0.1, 0.15) is 42.4 Å². The van der Waals surface area contributed by atoms with Gasteiger partial charge in [-0.15, -0.1) is 0 Å². The van der Waals surface area contributed by atoms with E-state index >= 15 is 0 Å². The quantitative estimate of drug-likeness (QED) is 0.162. The van der Waals surface area contributed by atoms with Crippen molar-refractivity contribution < 1.29 is 18.0 Å². The van der Waals surface area contributed by atoms with Crippen molar-refractivity contribution in [2.45, 2.75) is 62.6 Å². The molecule has 1 aliphatic rings. The Bertz CT molecular complexity index is 1790. The van der Waals surface area contributed by atoms with Crippen LogP contribution >= 0.6 is 34.8 Å². The van der Waals surface area contributed by atoms with E-state index in [0.717, 1.165) is 41.1 Å². The molecular weight excluding hydrogens is 677 g/mol. The minimum atomic E-state index is -4.25. The number of carbonyl (C=O) groups excluding carboxylic acids is 2. The Morgan fingerprint density at radius 1 is 0.851 bits per heavy atom. The van der Waals surface area contributed by atoms with Crippen LogP contribution in [0.5, 0.6) is 0 Å². The molecule has 1 saturated carbocycles. The van der Waals surface area contributed by atoms with Crippen molar-refractivity contribution in [3.8, 4) is 0 Å². The zero-order valence-corrected chi connectivity index (χ0v) is 29.0.